The lowest BCUT2D eigenvalue weighted by atomic mass is 10.2. The minimum atomic E-state index is -0.183. The SMILES string of the molecule is Cc1cc(-n2c(C)cc(C=C3NC(=S)N(Cc4ccccc4Cl)C3=O)c2C)no1. The van der Waals surface area contributed by atoms with Crippen molar-refractivity contribution in [2.75, 3.05) is 0 Å². The topological polar surface area (TPSA) is 63.3 Å². The standard InChI is InChI=1S/C21H19ClN4O2S/c1-12-8-16(14(3)26(12)19-9-13(2)28-24-19)10-18-20(27)25(21(29)23-18)11-15-6-4-5-7-17(15)22/h4-10H,11H2,1-3H3,(H,23,29). The van der Waals surface area contributed by atoms with Crippen LogP contribution in [0, 0.1) is 20.8 Å². The van der Waals surface area contributed by atoms with Crippen molar-refractivity contribution in [2.24, 2.45) is 0 Å². The number of aryl methyl sites for hydroxylation is 2. The molecule has 0 aliphatic carbocycles. The number of nitrogens with zero attached hydrogens (tertiary/aromatic N) is 3. The second-order valence-electron chi connectivity index (χ2n) is 6.93. The maximum Gasteiger partial charge on any atom is 0.276 e. The molecule has 0 saturated carbocycles. The van der Waals surface area contributed by atoms with Gasteiger partial charge in [-0.25, -0.2) is 0 Å². The van der Waals surface area contributed by atoms with Gasteiger partial charge in [-0.1, -0.05) is 35.0 Å². The summed E-state index contributed by atoms with van der Waals surface area (Å²) in [4.78, 5) is 14.5. The Kier molecular flexibility index (Phi) is 5.02. The highest BCUT2D eigenvalue weighted by molar-refractivity contribution is 7.80. The Bertz CT molecular complexity index is 1160. The van der Waals surface area contributed by atoms with E-state index in [0.717, 1.165) is 28.3 Å². The third-order valence-electron chi connectivity index (χ3n) is 4.86. The molecule has 1 fully saturated rings. The molecule has 2 aromatic heterocycles. The largest absolute Gasteiger partial charge is 0.360 e. The second-order valence-corrected chi connectivity index (χ2v) is 7.72. The van der Waals surface area contributed by atoms with Crippen molar-refractivity contribution < 1.29 is 9.32 Å². The lowest BCUT2D eigenvalue weighted by Crippen LogP contribution is -2.30. The zero-order valence-electron chi connectivity index (χ0n) is 16.2. The number of aromatic nitrogens is 2. The first kappa shape index (κ1) is 19.4. The molecule has 148 valence electrons. The fourth-order valence-electron chi connectivity index (χ4n) is 3.41. The van der Waals surface area contributed by atoms with Crippen LogP contribution in [0.25, 0.3) is 11.9 Å². The lowest BCUT2D eigenvalue weighted by molar-refractivity contribution is -0.122. The minimum Gasteiger partial charge on any atom is -0.360 e. The monoisotopic (exact) mass is 426 g/mol. The Labute approximate surface area is 178 Å². The number of benzene rings is 1. The van der Waals surface area contributed by atoms with Gasteiger partial charge in [0.05, 0.1) is 6.54 Å². The average Bonchev–Trinajstić information content (AvgIpc) is 3.29. The van der Waals surface area contributed by atoms with Crippen molar-refractivity contribution in [2.45, 2.75) is 27.3 Å². The number of halogens is 1. The van der Waals surface area contributed by atoms with Gasteiger partial charge in [0.2, 0.25) is 0 Å². The fraction of sp³-hybridized carbons (Fsp3) is 0.190. The van der Waals surface area contributed by atoms with E-state index in [2.05, 4.69) is 10.5 Å². The first-order valence-electron chi connectivity index (χ1n) is 9.05. The molecule has 1 saturated heterocycles. The first-order valence-corrected chi connectivity index (χ1v) is 9.84. The maximum absolute atomic E-state index is 12.9. The molecule has 1 N–H and O–H groups in total. The van der Waals surface area contributed by atoms with Gasteiger partial charge in [0.15, 0.2) is 10.9 Å². The van der Waals surface area contributed by atoms with Gasteiger partial charge in [-0.15, -0.1) is 0 Å². The summed E-state index contributed by atoms with van der Waals surface area (Å²) < 4.78 is 7.18. The molecule has 0 atom stereocenters. The van der Waals surface area contributed by atoms with Crippen molar-refractivity contribution in [3.63, 3.8) is 0 Å². The van der Waals surface area contributed by atoms with Crippen LogP contribution in [0.1, 0.15) is 28.3 Å². The fourth-order valence-corrected chi connectivity index (χ4v) is 3.87. The van der Waals surface area contributed by atoms with Gasteiger partial charge < -0.3 is 9.84 Å². The summed E-state index contributed by atoms with van der Waals surface area (Å²) in [6.45, 7) is 6.13. The van der Waals surface area contributed by atoms with Crippen LogP contribution in [-0.2, 0) is 11.3 Å². The number of carbonyl (C=O) groups is 1. The van der Waals surface area contributed by atoms with Crippen LogP contribution in [0.4, 0.5) is 0 Å². The molecule has 1 amide bonds. The van der Waals surface area contributed by atoms with Crippen molar-refractivity contribution >= 4 is 40.9 Å². The third-order valence-corrected chi connectivity index (χ3v) is 5.55. The predicted octanol–water partition coefficient (Wildman–Crippen LogP) is 4.30. The van der Waals surface area contributed by atoms with Gasteiger partial charge in [0, 0.05) is 22.5 Å². The summed E-state index contributed by atoms with van der Waals surface area (Å²) in [6, 6.07) is 11.3. The third kappa shape index (κ3) is 3.59. The first-order chi connectivity index (χ1) is 13.8. The molecule has 6 nitrogen and oxygen atoms in total. The predicted molar refractivity (Wildman–Crippen MR) is 116 cm³/mol. The molecule has 0 unspecified atom stereocenters. The summed E-state index contributed by atoms with van der Waals surface area (Å²) in [5.41, 5.74) is 4.12. The Morgan fingerprint density at radius 3 is 2.69 bits per heavy atom. The summed E-state index contributed by atoms with van der Waals surface area (Å²) in [7, 11) is 0. The number of hydrogen-bond acceptors (Lipinski definition) is 4. The second kappa shape index (κ2) is 7.50. The number of rotatable bonds is 4. The van der Waals surface area contributed by atoms with Crippen molar-refractivity contribution in [1.29, 1.82) is 0 Å². The molecule has 0 spiro atoms. The Morgan fingerprint density at radius 1 is 1.24 bits per heavy atom. The molecule has 1 aliphatic rings. The summed E-state index contributed by atoms with van der Waals surface area (Å²) in [6.07, 6.45) is 1.81. The van der Waals surface area contributed by atoms with Crippen LogP contribution in [0.5, 0.6) is 0 Å². The van der Waals surface area contributed by atoms with Crippen LogP contribution < -0.4 is 5.32 Å². The van der Waals surface area contributed by atoms with Gasteiger partial charge in [0.1, 0.15) is 11.5 Å². The molecular formula is C21H19ClN4O2S. The highest BCUT2D eigenvalue weighted by Crippen LogP contribution is 2.25. The van der Waals surface area contributed by atoms with Gasteiger partial charge >= 0.3 is 0 Å². The molecule has 0 bridgehead atoms. The normalized spacial score (nSPS) is 15.4. The molecule has 3 heterocycles. The van der Waals surface area contributed by atoms with Gasteiger partial charge in [-0.05, 0) is 62.3 Å². The number of nitrogens with one attached hydrogen (secondary N) is 1. The summed E-state index contributed by atoms with van der Waals surface area (Å²) >= 11 is 11.6. The molecule has 29 heavy (non-hydrogen) atoms. The van der Waals surface area contributed by atoms with Crippen LogP contribution in [0.3, 0.4) is 0 Å². The smallest absolute Gasteiger partial charge is 0.276 e. The van der Waals surface area contributed by atoms with Crippen molar-refractivity contribution in [3.05, 3.63) is 75.4 Å². The van der Waals surface area contributed by atoms with Gasteiger partial charge in [-0.2, -0.15) is 0 Å². The number of amides is 1. The van der Waals surface area contributed by atoms with Crippen molar-refractivity contribution in [3.8, 4) is 5.82 Å². The van der Waals surface area contributed by atoms with Gasteiger partial charge in [0.25, 0.3) is 5.91 Å². The Balaban J connectivity index is 1.63. The molecule has 8 heteroatoms. The molecule has 0 radical (unpaired) electrons. The van der Waals surface area contributed by atoms with E-state index in [9.17, 15) is 4.79 Å². The number of thiocarbonyl (C=S) groups is 1. The zero-order chi connectivity index (χ0) is 20.7. The van der Waals surface area contributed by atoms with E-state index in [1.807, 2.05) is 61.7 Å². The van der Waals surface area contributed by atoms with Gasteiger partial charge in [-0.3, -0.25) is 14.3 Å². The van der Waals surface area contributed by atoms with E-state index in [0.29, 0.717) is 28.2 Å². The zero-order valence-corrected chi connectivity index (χ0v) is 17.8. The van der Waals surface area contributed by atoms with Crippen LogP contribution in [0.2, 0.25) is 5.02 Å². The highest BCUT2D eigenvalue weighted by Gasteiger charge is 2.31. The summed E-state index contributed by atoms with van der Waals surface area (Å²) in [5, 5.41) is 8.08. The molecule has 1 aliphatic heterocycles. The molecule has 1 aromatic carbocycles. The Hall–Kier alpha value is -2.90. The summed E-state index contributed by atoms with van der Waals surface area (Å²) in [5.74, 6) is 1.27. The number of carbonyl (C=O) groups excluding carboxylic acids is 1. The highest BCUT2D eigenvalue weighted by atomic mass is 35.5. The van der Waals surface area contributed by atoms with E-state index < -0.39 is 0 Å². The minimum absolute atomic E-state index is 0.183. The quantitative estimate of drug-likeness (QED) is 0.497. The van der Waals surface area contributed by atoms with E-state index in [1.54, 1.807) is 6.07 Å². The maximum atomic E-state index is 12.9. The molecule has 3 aromatic rings. The van der Waals surface area contributed by atoms with Crippen LogP contribution >= 0.6 is 23.8 Å². The number of hydrogen-bond donors (Lipinski definition) is 1. The van der Waals surface area contributed by atoms with Crippen LogP contribution in [0.15, 0.2) is 46.6 Å². The average molecular weight is 427 g/mol. The Morgan fingerprint density at radius 2 is 2.00 bits per heavy atom. The molecule has 4 rings (SSSR count). The molecular weight excluding hydrogens is 408 g/mol. The van der Waals surface area contributed by atoms with E-state index in [1.165, 1.54) is 4.90 Å². The lowest BCUT2D eigenvalue weighted by Gasteiger charge is -2.14. The van der Waals surface area contributed by atoms with E-state index >= 15 is 0 Å². The van der Waals surface area contributed by atoms with E-state index in [4.69, 9.17) is 28.3 Å². The van der Waals surface area contributed by atoms with Crippen LogP contribution in [-0.4, -0.2) is 25.6 Å². The van der Waals surface area contributed by atoms with E-state index in [-0.39, 0.29) is 5.91 Å². The van der Waals surface area contributed by atoms with Crippen molar-refractivity contribution in [1.82, 2.24) is 19.9 Å².